The summed E-state index contributed by atoms with van der Waals surface area (Å²) in [7, 11) is 1.98. The lowest BCUT2D eigenvalue weighted by Crippen LogP contribution is -2.17. The average molecular weight is 457 g/mol. The van der Waals surface area contributed by atoms with Crippen molar-refractivity contribution in [3.63, 3.8) is 0 Å². The Morgan fingerprint density at radius 1 is 1.39 bits per heavy atom. The number of rotatable bonds is 3. The average Bonchev–Trinajstić information content (AvgIpc) is 2.65. The quantitative estimate of drug-likeness (QED) is 0.611. The summed E-state index contributed by atoms with van der Waals surface area (Å²) in [6, 6.07) is 8.38. The van der Waals surface area contributed by atoms with E-state index < -0.39 is 0 Å². The molecule has 0 aliphatic rings. The van der Waals surface area contributed by atoms with Gasteiger partial charge in [-0.2, -0.15) is 0 Å². The van der Waals surface area contributed by atoms with Gasteiger partial charge in [0.25, 0.3) is 0 Å². The smallest absolute Gasteiger partial charge is 0.0679 e. The van der Waals surface area contributed by atoms with E-state index in [2.05, 4.69) is 62.9 Å². The molecular weight excluding hydrogens is 444 g/mol. The third-order valence-electron chi connectivity index (χ3n) is 2.72. The first kappa shape index (κ1) is 14.8. The van der Waals surface area contributed by atoms with Crippen LogP contribution in [0.15, 0.2) is 28.7 Å². The van der Waals surface area contributed by atoms with Gasteiger partial charge < -0.3 is 5.32 Å². The summed E-state index contributed by atoms with van der Waals surface area (Å²) >= 11 is 13.8. The Morgan fingerprint density at radius 3 is 2.67 bits per heavy atom. The topological polar surface area (TPSA) is 12.0 Å². The molecule has 0 amide bonds. The molecule has 1 aromatic carbocycles. The molecular formula is C13H12BrClINS. The highest BCUT2D eigenvalue weighted by molar-refractivity contribution is 14.1. The van der Waals surface area contributed by atoms with Gasteiger partial charge in [-0.1, -0.05) is 11.6 Å². The third kappa shape index (κ3) is 3.10. The predicted molar refractivity (Wildman–Crippen MR) is 91.8 cm³/mol. The molecule has 1 heterocycles. The van der Waals surface area contributed by atoms with Crippen LogP contribution in [0.25, 0.3) is 0 Å². The Kier molecular flexibility index (Phi) is 5.11. The molecule has 0 aliphatic carbocycles. The van der Waals surface area contributed by atoms with Crippen LogP contribution in [-0.4, -0.2) is 7.05 Å². The molecule has 18 heavy (non-hydrogen) atoms. The van der Waals surface area contributed by atoms with Crippen LogP contribution in [0.5, 0.6) is 0 Å². The van der Waals surface area contributed by atoms with Crippen molar-refractivity contribution in [3.05, 3.63) is 52.6 Å². The second-order valence-electron chi connectivity index (χ2n) is 3.94. The molecule has 1 N–H and O–H groups in total. The van der Waals surface area contributed by atoms with Gasteiger partial charge in [0, 0.05) is 22.8 Å². The highest BCUT2D eigenvalue weighted by Gasteiger charge is 2.18. The summed E-state index contributed by atoms with van der Waals surface area (Å²) in [6.07, 6.45) is 0. The first-order chi connectivity index (χ1) is 8.52. The highest BCUT2D eigenvalue weighted by atomic mass is 127. The molecule has 1 unspecified atom stereocenters. The van der Waals surface area contributed by atoms with Gasteiger partial charge in [-0.25, -0.2) is 0 Å². The second kappa shape index (κ2) is 6.22. The van der Waals surface area contributed by atoms with Crippen molar-refractivity contribution in [3.8, 4) is 0 Å². The SMILES string of the molecule is CNC(c1cc(Br)c(C)s1)c1cc(Cl)ccc1I. The Hall–Kier alpha value is 0.380. The minimum Gasteiger partial charge on any atom is -0.309 e. The van der Waals surface area contributed by atoms with Gasteiger partial charge >= 0.3 is 0 Å². The zero-order valence-electron chi connectivity index (χ0n) is 9.93. The van der Waals surface area contributed by atoms with Crippen LogP contribution in [0.4, 0.5) is 0 Å². The van der Waals surface area contributed by atoms with Crippen LogP contribution in [0.2, 0.25) is 5.02 Å². The monoisotopic (exact) mass is 455 g/mol. The zero-order chi connectivity index (χ0) is 13.3. The molecule has 2 aromatic rings. The van der Waals surface area contributed by atoms with Gasteiger partial charge in [0.2, 0.25) is 0 Å². The van der Waals surface area contributed by atoms with Crippen LogP contribution in [0.3, 0.4) is 0 Å². The summed E-state index contributed by atoms with van der Waals surface area (Å²) in [5.41, 5.74) is 1.22. The van der Waals surface area contributed by atoms with E-state index in [1.165, 1.54) is 23.4 Å². The third-order valence-corrected chi connectivity index (χ3v) is 6.14. The van der Waals surface area contributed by atoms with Crippen molar-refractivity contribution < 1.29 is 0 Å². The van der Waals surface area contributed by atoms with Crippen molar-refractivity contribution >= 4 is 61.5 Å². The molecule has 0 spiro atoms. The molecule has 0 aliphatic heterocycles. The van der Waals surface area contributed by atoms with Crippen molar-refractivity contribution in [2.24, 2.45) is 0 Å². The van der Waals surface area contributed by atoms with E-state index in [1.54, 1.807) is 11.3 Å². The maximum absolute atomic E-state index is 6.10. The Labute approximate surface area is 138 Å². The molecule has 0 bridgehead atoms. The van der Waals surface area contributed by atoms with Crippen molar-refractivity contribution in [1.82, 2.24) is 5.32 Å². The maximum atomic E-state index is 6.10. The molecule has 1 aromatic heterocycles. The normalized spacial score (nSPS) is 12.7. The van der Waals surface area contributed by atoms with E-state index in [-0.39, 0.29) is 6.04 Å². The standard InChI is InChI=1S/C13H12BrClINS/c1-7-10(14)6-12(18-7)13(17-2)9-5-8(15)3-4-11(9)16/h3-6,13,17H,1-2H3. The van der Waals surface area contributed by atoms with Gasteiger partial charge in [0.05, 0.1) is 6.04 Å². The van der Waals surface area contributed by atoms with E-state index in [9.17, 15) is 0 Å². The van der Waals surface area contributed by atoms with E-state index in [0.29, 0.717) is 0 Å². The van der Waals surface area contributed by atoms with Gasteiger partial charge in [-0.3, -0.25) is 0 Å². The summed E-state index contributed by atoms with van der Waals surface area (Å²) in [5, 5.41) is 4.15. The van der Waals surface area contributed by atoms with Crippen LogP contribution in [-0.2, 0) is 0 Å². The molecule has 2 rings (SSSR count). The number of nitrogens with one attached hydrogen (secondary N) is 1. The predicted octanol–water partition coefficient (Wildman–Crippen LogP) is 5.39. The summed E-state index contributed by atoms with van der Waals surface area (Å²) < 4.78 is 2.39. The zero-order valence-corrected chi connectivity index (χ0v) is 15.2. The number of halogens is 3. The van der Waals surface area contributed by atoms with Crippen LogP contribution in [0.1, 0.15) is 21.4 Å². The van der Waals surface area contributed by atoms with E-state index in [0.717, 1.165) is 5.02 Å². The number of thiophene rings is 1. The maximum Gasteiger partial charge on any atom is 0.0679 e. The molecule has 5 heteroatoms. The minimum atomic E-state index is 0.186. The first-order valence-electron chi connectivity index (χ1n) is 5.41. The Morgan fingerprint density at radius 2 is 2.11 bits per heavy atom. The van der Waals surface area contributed by atoms with Gasteiger partial charge in [0.1, 0.15) is 0 Å². The first-order valence-corrected chi connectivity index (χ1v) is 8.47. The van der Waals surface area contributed by atoms with Crippen LogP contribution in [0, 0.1) is 10.5 Å². The van der Waals surface area contributed by atoms with Gasteiger partial charge in [-0.15, -0.1) is 11.3 Å². The molecule has 0 radical (unpaired) electrons. The molecule has 96 valence electrons. The van der Waals surface area contributed by atoms with Crippen LogP contribution >= 0.6 is 61.5 Å². The summed E-state index contributed by atoms with van der Waals surface area (Å²) in [6.45, 7) is 2.12. The minimum absolute atomic E-state index is 0.186. The fourth-order valence-electron chi connectivity index (χ4n) is 1.81. The highest BCUT2D eigenvalue weighted by Crippen LogP contribution is 2.35. The lowest BCUT2D eigenvalue weighted by Gasteiger charge is -2.17. The number of benzene rings is 1. The molecule has 0 saturated carbocycles. The summed E-state index contributed by atoms with van der Waals surface area (Å²) in [4.78, 5) is 2.59. The lowest BCUT2D eigenvalue weighted by atomic mass is 10.1. The molecule has 1 atom stereocenters. The van der Waals surface area contributed by atoms with Gasteiger partial charge in [-0.05, 0) is 82.3 Å². The van der Waals surface area contributed by atoms with Gasteiger partial charge in [0.15, 0.2) is 0 Å². The lowest BCUT2D eigenvalue weighted by molar-refractivity contribution is 0.700. The number of hydrogen-bond donors (Lipinski definition) is 1. The molecule has 0 saturated heterocycles. The van der Waals surface area contributed by atoms with E-state index in [4.69, 9.17) is 11.6 Å². The fourth-order valence-corrected chi connectivity index (χ4v) is 4.33. The van der Waals surface area contributed by atoms with Crippen molar-refractivity contribution in [1.29, 1.82) is 0 Å². The summed E-state index contributed by atoms with van der Waals surface area (Å²) in [5.74, 6) is 0. The van der Waals surface area contributed by atoms with E-state index in [1.807, 2.05) is 19.2 Å². The second-order valence-corrected chi connectivity index (χ2v) is 7.68. The fraction of sp³-hybridized carbons (Fsp3) is 0.231. The van der Waals surface area contributed by atoms with Crippen molar-refractivity contribution in [2.45, 2.75) is 13.0 Å². The van der Waals surface area contributed by atoms with Crippen LogP contribution < -0.4 is 5.32 Å². The molecule has 1 nitrogen and oxygen atoms in total. The Bertz CT molecular complexity index is 551. The largest absolute Gasteiger partial charge is 0.309 e. The van der Waals surface area contributed by atoms with E-state index >= 15 is 0 Å². The molecule has 0 fully saturated rings. The van der Waals surface area contributed by atoms with Crippen molar-refractivity contribution in [2.75, 3.05) is 7.05 Å². The number of aryl methyl sites for hydroxylation is 1. The number of hydrogen-bond acceptors (Lipinski definition) is 2. The Balaban J connectivity index is 2.48.